The number of hydrogen-bond acceptors (Lipinski definition) is 7. The van der Waals surface area contributed by atoms with Crippen molar-refractivity contribution in [3.63, 3.8) is 0 Å². The van der Waals surface area contributed by atoms with Gasteiger partial charge >= 0.3 is 0 Å². The first-order valence-electron chi connectivity index (χ1n) is 12.6. The Kier molecular flexibility index (Phi) is 7.09. The summed E-state index contributed by atoms with van der Waals surface area (Å²) < 4.78 is 6.79. The second-order valence-corrected chi connectivity index (χ2v) is 9.07. The normalized spacial score (nSPS) is 13.1. The van der Waals surface area contributed by atoms with Crippen molar-refractivity contribution in [2.45, 2.75) is 20.3 Å². The van der Waals surface area contributed by atoms with Crippen LogP contribution in [-0.2, 0) is 6.42 Å². The maximum Gasteiger partial charge on any atom is 0.279 e. The number of pyridine rings is 3. The Morgan fingerprint density at radius 3 is 2.69 bits per heavy atom. The standard InChI is InChI=1S/C29H28N6O4/c1-4-34-26-22(29(37)33(3)23-8-7-13-30-27(23)34)17-20(18-31-26)12-15-39-24-11-10-21(16-19(24)2)28(36)32-25-9-5-6-14-35(25)38/h5-11,13-14,16-18,38H,4,12,15H2,1-3H3. The Bertz CT molecular complexity index is 1630. The lowest BCUT2D eigenvalue weighted by molar-refractivity contribution is 0.0982. The first kappa shape index (κ1) is 25.7. The molecule has 4 heterocycles. The molecule has 0 saturated heterocycles. The minimum Gasteiger partial charge on any atom is -0.493 e. The van der Waals surface area contributed by atoms with E-state index >= 15 is 0 Å². The van der Waals surface area contributed by atoms with E-state index in [1.54, 1.807) is 60.7 Å². The first-order chi connectivity index (χ1) is 18.9. The molecule has 0 spiro atoms. The Balaban J connectivity index is 1.30. The third kappa shape index (κ3) is 5.08. The van der Waals surface area contributed by atoms with Gasteiger partial charge in [-0.1, -0.05) is 6.07 Å². The van der Waals surface area contributed by atoms with Crippen molar-refractivity contribution < 1.29 is 19.5 Å². The van der Waals surface area contributed by atoms with Gasteiger partial charge < -0.3 is 19.7 Å². The van der Waals surface area contributed by atoms with Crippen LogP contribution < -0.4 is 20.0 Å². The topological polar surface area (TPSA) is 113 Å². The van der Waals surface area contributed by atoms with Gasteiger partial charge in [0, 0.05) is 44.2 Å². The van der Waals surface area contributed by atoms with Gasteiger partial charge in [-0.25, -0.2) is 9.97 Å². The summed E-state index contributed by atoms with van der Waals surface area (Å²) in [5.74, 6) is 1.31. The van der Waals surface area contributed by atoms with Crippen LogP contribution in [0.25, 0.3) is 0 Å². The number of anilines is 3. The highest BCUT2D eigenvalue weighted by Crippen LogP contribution is 2.37. The van der Waals surface area contributed by atoms with Gasteiger partial charge in [0.1, 0.15) is 11.6 Å². The molecule has 1 aromatic carbocycles. The number of ether oxygens (including phenoxy) is 1. The lowest BCUT2D eigenvalue weighted by Gasteiger charge is -2.22. The van der Waals surface area contributed by atoms with Gasteiger partial charge in [0.05, 0.1) is 17.9 Å². The molecule has 10 nitrogen and oxygen atoms in total. The van der Waals surface area contributed by atoms with E-state index in [0.717, 1.165) is 21.5 Å². The van der Waals surface area contributed by atoms with E-state index in [0.29, 0.717) is 48.1 Å². The number of benzene rings is 1. The first-order valence-corrected chi connectivity index (χ1v) is 12.6. The quantitative estimate of drug-likeness (QED) is 0.380. The molecular formula is C29H28N6O4. The van der Waals surface area contributed by atoms with Crippen LogP contribution >= 0.6 is 0 Å². The van der Waals surface area contributed by atoms with Crippen molar-refractivity contribution in [3.05, 3.63) is 101 Å². The molecule has 0 saturated carbocycles. The summed E-state index contributed by atoms with van der Waals surface area (Å²) in [6.45, 7) is 4.83. The number of carbonyl (C=O) groups excluding carboxylic acids is 2. The number of nitrogens with zero attached hydrogens (tertiary/aromatic N) is 6. The van der Waals surface area contributed by atoms with Gasteiger partial charge in [-0.2, -0.15) is 9.72 Å². The van der Waals surface area contributed by atoms with Crippen molar-refractivity contribution in [1.82, 2.24) is 14.7 Å². The number of aromatic nitrogens is 3. The smallest absolute Gasteiger partial charge is 0.279 e. The van der Waals surface area contributed by atoms with Gasteiger partial charge in [0.2, 0.25) is 0 Å². The monoisotopic (exact) mass is 524 g/mol. The number of amides is 2. The highest BCUT2D eigenvalue weighted by Gasteiger charge is 2.30. The fourth-order valence-electron chi connectivity index (χ4n) is 4.46. The van der Waals surface area contributed by atoms with Crippen LogP contribution in [0.1, 0.15) is 38.8 Å². The summed E-state index contributed by atoms with van der Waals surface area (Å²) in [7, 11) is 1.74. The SMILES string of the molecule is CCN1c2ncc(CCOc3ccc(C(=O)N=c4ccccn4O)cc3C)cc2C(=O)N(C)c2cccnc21. The molecule has 0 fully saturated rings. The van der Waals surface area contributed by atoms with E-state index < -0.39 is 5.91 Å². The Hall–Kier alpha value is -4.99. The number of rotatable bonds is 6. The van der Waals surface area contributed by atoms with Crippen LogP contribution in [0, 0.1) is 6.92 Å². The number of fused-ring (bicyclic) bond motifs is 2. The van der Waals surface area contributed by atoms with E-state index in [1.165, 1.54) is 6.20 Å². The van der Waals surface area contributed by atoms with Gasteiger partial charge in [-0.05, 0) is 73.5 Å². The molecule has 0 bridgehead atoms. The van der Waals surface area contributed by atoms with Gasteiger partial charge in [0.15, 0.2) is 11.3 Å². The van der Waals surface area contributed by atoms with Gasteiger partial charge in [-0.3, -0.25) is 9.59 Å². The fourth-order valence-corrected chi connectivity index (χ4v) is 4.46. The predicted molar refractivity (Wildman–Crippen MR) is 146 cm³/mol. The zero-order chi connectivity index (χ0) is 27.5. The molecule has 1 N–H and O–H groups in total. The summed E-state index contributed by atoms with van der Waals surface area (Å²) in [5.41, 5.74) is 3.42. The molecule has 198 valence electrons. The second-order valence-electron chi connectivity index (χ2n) is 9.07. The number of carbonyl (C=O) groups is 2. The van der Waals surface area contributed by atoms with E-state index in [-0.39, 0.29) is 11.4 Å². The van der Waals surface area contributed by atoms with E-state index in [9.17, 15) is 14.8 Å². The molecule has 1 aliphatic heterocycles. The molecular weight excluding hydrogens is 496 g/mol. The largest absolute Gasteiger partial charge is 0.493 e. The summed E-state index contributed by atoms with van der Waals surface area (Å²) in [6, 6.07) is 15.5. The average molecular weight is 525 g/mol. The van der Waals surface area contributed by atoms with Crippen molar-refractivity contribution in [3.8, 4) is 5.75 Å². The molecule has 0 radical (unpaired) electrons. The van der Waals surface area contributed by atoms with E-state index in [4.69, 9.17) is 4.74 Å². The molecule has 0 aliphatic carbocycles. The van der Waals surface area contributed by atoms with Crippen LogP contribution in [-0.4, -0.2) is 51.9 Å². The zero-order valence-corrected chi connectivity index (χ0v) is 21.9. The van der Waals surface area contributed by atoms with Gasteiger partial charge in [-0.15, -0.1) is 0 Å². The molecule has 4 aromatic rings. The Labute approximate surface area is 225 Å². The number of aryl methyl sites for hydroxylation is 1. The minimum atomic E-state index is -0.470. The lowest BCUT2D eigenvalue weighted by Crippen LogP contribution is -2.25. The van der Waals surface area contributed by atoms with E-state index in [1.807, 2.05) is 36.9 Å². The lowest BCUT2D eigenvalue weighted by atomic mass is 10.1. The van der Waals surface area contributed by atoms with Crippen LogP contribution in [0.5, 0.6) is 5.75 Å². The van der Waals surface area contributed by atoms with Crippen molar-refractivity contribution in [2.75, 3.05) is 30.0 Å². The Morgan fingerprint density at radius 2 is 1.92 bits per heavy atom. The molecule has 0 atom stereocenters. The van der Waals surface area contributed by atoms with Crippen LogP contribution in [0.2, 0.25) is 0 Å². The van der Waals surface area contributed by atoms with Crippen molar-refractivity contribution >= 4 is 29.1 Å². The summed E-state index contributed by atoms with van der Waals surface area (Å²) in [4.78, 5) is 42.6. The summed E-state index contributed by atoms with van der Waals surface area (Å²) in [6.07, 6.45) is 5.41. The van der Waals surface area contributed by atoms with Crippen LogP contribution in [0.4, 0.5) is 17.3 Å². The second kappa shape index (κ2) is 10.8. The fraction of sp³-hybridized carbons (Fsp3) is 0.207. The zero-order valence-electron chi connectivity index (χ0n) is 21.9. The summed E-state index contributed by atoms with van der Waals surface area (Å²) in [5, 5.41) is 9.79. The van der Waals surface area contributed by atoms with Crippen LogP contribution in [0.15, 0.2) is 78.2 Å². The molecule has 0 unspecified atom stereocenters. The third-order valence-corrected chi connectivity index (χ3v) is 6.52. The highest BCUT2D eigenvalue weighted by molar-refractivity contribution is 6.12. The molecule has 2 amide bonds. The van der Waals surface area contributed by atoms with E-state index in [2.05, 4.69) is 15.0 Å². The molecule has 1 aliphatic rings. The van der Waals surface area contributed by atoms with Crippen molar-refractivity contribution in [2.24, 2.45) is 4.99 Å². The average Bonchev–Trinajstić information content (AvgIpc) is 3.03. The maximum atomic E-state index is 13.3. The maximum absolute atomic E-state index is 13.3. The predicted octanol–water partition coefficient (Wildman–Crippen LogP) is 3.93. The summed E-state index contributed by atoms with van der Waals surface area (Å²) >= 11 is 0. The molecule has 3 aromatic heterocycles. The third-order valence-electron chi connectivity index (χ3n) is 6.52. The highest BCUT2D eigenvalue weighted by atomic mass is 16.5. The number of hydrogen-bond donors (Lipinski definition) is 1. The van der Waals surface area contributed by atoms with Crippen molar-refractivity contribution in [1.29, 1.82) is 0 Å². The molecule has 5 rings (SSSR count). The molecule has 39 heavy (non-hydrogen) atoms. The van der Waals surface area contributed by atoms with Gasteiger partial charge in [0.25, 0.3) is 11.8 Å². The Morgan fingerprint density at radius 1 is 1.08 bits per heavy atom. The minimum absolute atomic E-state index is 0.140. The van der Waals surface area contributed by atoms with Crippen LogP contribution in [0.3, 0.4) is 0 Å². The molecule has 10 heteroatoms.